The van der Waals surface area contributed by atoms with Crippen LogP contribution in [0, 0.1) is 0 Å². The Balaban J connectivity index is 1.75. The van der Waals surface area contributed by atoms with Crippen LogP contribution < -0.4 is 10.9 Å². The van der Waals surface area contributed by atoms with Crippen LogP contribution in [0.15, 0.2) is 65.6 Å². The van der Waals surface area contributed by atoms with E-state index in [0.29, 0.717) is 16.5 Å². The number of anilines is 1. The summed E-state index contributed by atoms with van der Waals surface area (Å²) >= 11 is 1.36. The summed E-state index contributed by atoms with van der Waals surface area (Å²) in [5.74, 6) is 0. The Morgan fingerprint density at radius 1 is 1.15 bits per heavy atom. The van der Waals surface area contributed by atoms with Gasteiger partial charge in [-0.25, -0.2) is 4.98 Å². The Labute approximate surface area is 154 Å². The average Bonchev–Trinajstić information content (AvgIpc) is 3.10. The summed E-state index contributed by atoms with van der Waals surface area (Å²) in [5, 5.41) is 8.44. The molecule has 7 heteroatoms. The maximum absolute atomic E-state index is 12.2. The first-order valence-electron chi connectivity index (χ1n) is 8.37. The van der Waals surface area contributed by atoms with E-state index in [1.807, 2.05) is 55.5 Å². The number of nitrogens with one attached hydrogen (secondary N) is 1. The van der Waals surface area contributed by atoms with Crippen molar-refractivity contribution in [2.45, 2.75) is 19.4 Å². The Hall–Kier alpha value is -3.06. The van der Waals surface area contributed by atoms with Gasteiger partial charge in [-0.1, -0.05) is 54.7 Å². The summed E-state index contributed by atoms with van der Waals surface area (Å²) in [6.07, 6.45) is 2.48. The third-order valence-corrected chi connectivity index (χ3v) is 4.88. The molecule has 0 radical (unpaired) electrons. The lowest BCUT2D eigenvalue weighted by Crippen LogP contribution is -2.16. The summed E-state index contributed by atoms with van der Waals surface area (Å²) in [5.41, 5.74) is 2.56. The number of hydrogen-bond donors (Lipinski definition) is 1. The molecule has 4 rings (SSSR count). The van der Waals surface area contributed by atoms with Gasteiger partial charge in [0.1, 0.15) is 0 Å². The second-order valence-corrected chi connectivity index (χ2v) is 6.74. The Kier molecular flexibility index (Phi) is 4.45. The molecule has 0 saturated carbocycles. The van der Waals surface area contributed by atoms with Gasteiger partial charge < -0.3 is 5.32 Å². The molecule has 1 aromatic carbocycles. The van der Waals surface area contributed by atoms with Gasteiger partial charge in [-0.15, -0.1) is 5.10 Å². The van der Waals surface area contributed by atoms with Crippen molar-refractivity contribution in [3.8, 4) is 0 Å². The van der Waals surface area contributed by atoms with Crippen LogP contribution in [0.5, 0.6) is 0 Å². The molecule has 1 atom stereocenters. The smallest absolute Gasteiger partial charge is 0.275 e. The molecule has 4 aromatic rings. The second kappa shape index (κ2) is 7.05. The standard InChI is InChI=1S/C19H17N5OS/c1-2-14-12-16(25)24-19(21-14)26-18(23-24)22-17(13-8-4-3-5-9-13)15-10-6-7-11-20-15/h3-12,17H,2H2,1H3,(H,22,23). The highest BCUT2D eigenvalue weighted by atomic mass is 32.1. The summed E-state index contributed by atoms with van der Waals surface area (Å²) in [6.45, 7) is 1.98. The van der Waals surface area contributed by atoms with Gasteiger partial charge >= 0.3 is 0 Å². The molecule has 1 unspecified atom stereocenters. The zero-order chi connectivity index (χ0) is 17.9. The van der Waals surface area contributed by atoms with E-state index in [1.165, 1.54) is 21.9 Å². The number of nitrogens with zero attached hydrogens (tertiary/aromatic N) is 4. The van der Waals surface area contributed by atoms with Crippen LogP contribution in [0.4, 0.5) is 5.13 Å². The molecule has 0 aliphatic heterocycles. The van der Waals surface area contributed by atoms with Gasteiger partial charge in [-0.3, -0.25) is 9.78 Å². The fourth-order valence-electron chi connectivity index (χ4n) is 2.74. The summed E-state index contributed by atoms with van der Waals surface area (Å²) < 4.78 is 1.34. The summed E-state index contributed by atoms with van der Waals surface area (Å²) in [4.78, 5) is 21.8. The molecule has 26 heavy (non-hydrogen) atoms. The van der Waals surface area contributed by atoms with E-state index >= 15 is 0 Å². The van der Waals surface area contributed by atoms with Crippen LogP contribution in [0.25, 0.3) is 4.96 Å². The Bertz CT molecular complexity index is 1040. The quantitative estimate of drug-likeness (QED) is 0.589. The van der Waals surface area contributed by atoms with Crippen molar-refractivity contribution in [1.82, 2.24) is 19.6 Å². The minimum absolute atomic E-state index is 0.162. The van der Waals surface area contributed by atoms with E-state index in [2.05, 4.69) is 20.4 Å². The fourth-order valence-corrected chi connectivity index (χ4v) is 3.59. The van der Waals surface area contributed by atoms with Crippen molar-refractivity contribution in [3.05, 3.63) is 88.1 Å². The molecule has 1 N–H and O–H groups in total. The average molecular weight is 363 g/mol. The van der Waals surface area contributed by atoms with Crippen molar-refractivity contribution >= 4 is 21.4 Å². The molecule has 0 aliphatic carbocycles. The topological polar surface area (TPSA) is 72.2 Å². The van der Waals surface area contributed by atoms with E-state index in [4.69, 9.17) is 0 Å². The SMILES string of the molecule is CCc1cc(=O)n2nc(NC(c3ccccc3)c3ccccn3)sc2n1. The Morgan fingerprint density at radius 2 is 1.96 bits per heavy atom. The van der Waals surface area contributed by atoms with E-state index in [1.54, 1.807) is 6.20 Å². The number of aromatic nitrogens is 4. The van der Waals surface area contributed by atoms with Crippen molar-refractivity contribution in [2.75, 3.05) is 5.32 Å². The largest absolute Gasteiger partial charge is 0.348 e. The first-order valence-corrected chi connectivity index (χ1v) is 9.18. The molecule has 0 saturated heterocycles. The van der Waals surface area contributed by atoms with Crippen molar-refractivity contribution in [2.24, 2.45) is 0 Å². The lowest BCUT2D eigenvalue weighted by Gasteiger charge is -2.17. The van der Waals surface area contributed by atoms with Crippen molar-refractivity contribution in [1.29, 1.82) is 0 Å². The van der Waals surface area contributed by atoms with E-state index in [-0.39, 0.29) is 11.6 Å². The molecule has 3 aromatic heterocycles. The highest BCUT2D eigenvalue weighted by Gasteiger charge is 2.18. The number of pyridine rings is 1. The van der Waals surface area contributed by atoms with Gasteiger partial charge in [-0.05, 0) is 24.1 Å². The monoisotopic (exact) mass is 363 g/mol. The highest BCUT2D eigenvalue weighted by molar-refractivity contribution is 7.20. The van der Waals surface area contributed by atoms with Gasteiger partial charge in [0, 0.05) is 18.0 Å². The number of aryl methyl sites for hydroxylation is 1. The number of hydrogen-bond acceptors (Lipinski definition) is 6. The number of rotatable bonds is 5. The molecule has 130 valence electrons. The molecule has 0 bridgehead atoms. The molecule has 0 aliphatic rings. The van der Waals surface area contributed by atoms with Crippen LogP contribution in [0.3, 0.4) is 0 Å². The van der Waals surface area contributed by atoms with Crippen LogP contribution in [0.2, 0.25) is 0 Å². The van der Waals surface area contributed by atoms with E-state index in [9.17, 15) is 4.79 Å². The second-order valence-electron chi connectivity index (χ2n) is 5.78. The maximum atomic E-state index is 12.2. The molecule has 6 nitrogen and oxygen atoms in total. The van der Waals surface area contributed by atoms with Gasteiger partial charge in [-0.2, -0.15) is 4.52 Å². The first-order chi connectivity index (χ1) is 12.7. The minimum Gasteiger partial charge on any atom is -0.348 e. The molecule has 0 fully saturated rings. The predicted molar refractivity (Wildman–Crippen MR) is 103 cm³/mol. The molecular weight excluding hydrogens is 346 g/mol. The number of fused-ring (bicyclic) bond motifs is 1. The zero-order valence-electron chi connectivity index (χ0n) is 14.2. The minimum atomic E-state index is -0.167. The maximum Gasteiger partial charge on any atom is 0.275 e. The molecule has 0 amide bonds. The van der Waals surface area contributed by atoms with Crippen LogP contribution >= 0.6 is 11.3 Å². The third kappa shape index (κ3) is 3.21. The van der Waals surface area contributed by atoms with Gasteiger partial charge in [0.25, 0.3) is 5.56 Å². The summed E-state index contributed by atoms with van der Waals surface area (Å²) in [7, 11) is 0. The van der Waals surface area contributed by atoms with E-state index in [0.717, 1.165) is 17.0 Å². The molecular formula is C19H17N5OS. The van der Waals surface area contributed by atoms with Gasteiger partial charge in [0.05, 0.1) is 11.7 Å². The normalized spacial score (nSPS) is 12.2. The van der Waals surface area contributed by atoms with Crippen LogP contribution in [-0.2, 0) is 6.42 Å². The molecule has 3 heterocycles. The lowest BCUT2D eigenvalue weighted by molar-refractivity contribution is 0.845. The lowest BCUT2D eigenvalue weighted by atomic mass is 10.0. The van der Waals surface area contributed by atoms with E-state index < -0.39 is 0 Å². The summed E-state index contributed by atoms with van der Waals surface area (Å²) in [6, 6.07) is 17.2. The predicted octanol–water partition coefficient (Wildman–Crippen LogP) is 3.31. The highest BCUT2D eigenvalue weighted by Crippen LogP contribution is 2.27. The fraction of sp³-hybridized carbons (Fsp3) is 0.158. The van der Waals surface area contributed by atoms with Crippen LogP contribution in [0.1, 0.15) is 29.9 Å². The molecule has 0 spiro atoms. The third-order valence-electron chi connectivity index (χ3n) is 4.04. The van der Waals surface area contributed by atoms with Crippen molar-refractivity contribution in [3.63, 3.8) is 0 Å². The number of benzene rings is 1. The first kappa shape index (κ1) is 16.4. The van der Waals surface area contributed by atoms with Crippen molar-refractivity contribution < 1.29 is 0 Å². The van der Waals surface area contributed by atoms with Gasteiger partial charge in [0.15, 0.2) is 0 Å². The zero-order valence-corrected chi connectivity index (χ0v) is 15.0. The van der Waals surface area contributed by atoms with Gasteiger partial charge in [0.2, 0.25) is 10.1 Å². The Morgan fingerprint density at radius 3 is 2.69 bits per heavy atom. The van der Waals surface area contributed by atoms with Crippen LogP contribution in [-0.4, -0.2) is 19.6 Å².